The molecule has 4 heteroatoms. The van der Waals surface area contributed by atoms with E-state index < -0.39 is 0 Å². The molecule has 2 nitrogen and oxygen atoms in total. The summed E-state index contributed by atoms with van der Waals surface area (Å²) in [5, 5.41) is 3.69. The van der Waals surface area contributed by atoms with Gasteiger partial charge in [0.25, 0.3) is 0 Å². The Labute approximate surface area is 132 Å². The molecule has 1 aromatic heterocycles. The van der Waals surface area contributed by atoms with Crippen LogP contribution in [-0.4, -0.2) is 7.11 Å². The van der Waals surface area contributed by atoms with Gasteiger partial charge in [-0.3, -0.25) is 0 Å². The first-order valence-electron chi connectivity index (χ1n) is 6.90. The maximum atomic E-state index is 5.32. The van der Waals surface area contributed by atoms with Crippen LogP contribution in [0.4, 0.5) is 0 Å². The van der Waals surface area contributed by atoms with Crippen molar-refractivity contribution < 1.29 is 4.74 Å². The maximum Gasteiger partial charge on any atom is 0.119 e. The van der Waals surface area contributed by atoms with Crippen molar-refractivity contribution in [3.05, 3.63) is 50.1 Å². The van der Waals surface area contributed by atoms with E-state index in [2.05, 4.69) is 51.6 Å². The summed E-state index contributed by atoms with van der Waals surface area (Å²) >= 11 is 5.31. The fourth-order valence-electron chi connectivity index (χ4n) is 2.80. The van der Waals surface area contributed by atoms with Crippen LogP contribution >= 0.6 is 27.3 Å². The smallest absolute Gasteiger partial charge is 0.119 e. The fraction of sp³-hybridized carbons (Fsp3) is 0.375. The second kappa shape index (κ2) is 6.29. The van der Waals surface area contributed by atoms with Crippen LogP contribution in [-0.2, 0) is 13.0 Å². The summed E-state index contributed by atoms with van der Waals surface area (Å²) in [6.07, 6.45) is 3.62. The molecule has 0 aliphatic heterocycles. The minimum absolute atomic E-state index is 0.463. The van der Waals surface area contributed by atoms with Crippen molar-refractivity contribution in [2.24, 2.45) is 0 Å². The molecule has 0 saturated heterocycles. The highest BCUT2D eigenvalue weighted by molar-refractivity contribution is 9.11. The monoisotopic (exact) mass is 351 g/mol. The van der Waals surface area contributed by atoms with Crippen LogP contribution in [0.3, 0.4) is 0 Å². The number of thiophene rings is 1. The third-order valence-electron chi connectivity index (χ3n) is 3.82. The van der Waals surface area contributed by atoms with E-state index in [1.54, 1.807) is 18.4 Å². The molecule has 20 heavy (non-hydrogen) atoms. The summed E-state index contributed by atoms with van der Waals surface area (Å²) < 4.78 is 6.52. The van der Waals surface area contributed by atoms with E-state index in [0.29, 0.717) is 6.04 Å². The Balaban J connectivity index is 1.73. The molecule has 0 amide bonds. The average molecular weight is 352 g/mol. The van der Waals surface area contributed by atoms with Crippen LogP contribution in [0.15, 0.2) is 34.1 Å². The van der Waals surface area contributed by atoms with Gasteiger partial charge in [-0.05, 0) is 70.6 Å². The minimum Gasteiger partial charge on any atom is -0.497 e. The van der Waals surface area contributed by atoms with Gasteiger partial charge in [-0.1, -0.05) is 6.07 Å². The molecule has 0 bridgehead atoms. The lowest BCUT2D eigenvalue weighted by Crippen LogP contribution is -2.24. The number of hydrogen-bond donors (Lipinski definition) is 1. The Morgan fingerprint density at radius 2 is 2.25 bits per heavy atom. The average Bonchev–Trinajstić information content (AvgIpc) is 2.90. The van der Waals surface area contributed by atoms with E-state index >= 15 is 0 Å². The van der Waals surface area contributed by atoms with Crippen LogP contribution in [0, 0.1) is 0 Å². The van der Waals surface area contributed by atoms with Crippen LogP contribution < -0.4 is 10.1 Å². The number of rotatable bonds is 4. The van der Waals surface area contributed by atoms with Crippen LogP contribution in [0.1, 0.15) is 34.9 Å². The molecule has 3 rings (SSSR count). The summed E-state index contributed by atoms with van der Waals surface area (Å²) in [5.41, 5.74) is 2.87. The lowest BCUT2D eigenvalue weighted by Gasteiger charge is -2.26. The van der Waals surface area contributed by atoms with E-state index in [0.717, 1.165) is 18.7 Å². The zero-order valence-electron chi connectivity index (χ0n) is 11.5. The molecule has 1 heterocycles. The van der Waals surface area contributed by atoms with Crippen molar-refractivity contribution in [3.8, 4) is 5.75 Å². The van der Waals surface area contributed by atoms with Crippen LogP contribution in [0.5, 0.6) is 5.75 Å². The Hall–Kier alpha value is -0.840. The standard InChI is InChI=1S/C16H18BrNOS/c1-19-12-5-7-14-11(9-12)3-2-4-15(14)18-10-13-6-8-16(17)20-13/h5-9,15,18H,2-4,10H2,1H3. The van der Waals surface area contributed by atoms with Gasteiger partial charge in [0.2, 0.25) is 0 Å². The highest BCUT2D eigenvalue weighted by atomic mass is 79.9. The van der Waals surface area contributed by atoms with Gasteiger partial charge in [-0.25, -0.2) is 0 Å². The number of ether oxygens (including phenoxy) is 1. The van der Waals surface area contributed by atoms with Gasteiger partial charge in [0.1, 0.15) is 5.75 Å². The van der Waals surface area contributed by atoms with E-state index in [4.69, 9.17) is 4.74 Å². The van der Waals surface area contributed by atoms with Gasteiger partial charge in [-0.15, -0.1) is 11.3 Å². The Morgan fingerprint density at radius 3 is 3.00 bits per heavy atom. The van der Waals surface area contributed by atoms with Crippen LogP contribution in [0.25, 0.3) is 0 Å². The molecule has 1 atom stereocenters. The summed E-state index contributed by atoms with van der Waals surface area (Å²) in [4.78, 5) is 1.37. The second-order valence-corrected chi connectivity index (χ2v) is 7.64. The van der Waals surface area contributed by atoms with Crippen LogP contribution in [0.2, 0.25) is 0 Å². The Morgan fingerprint density at radius 1 is 1.35 bits per heavy atom. The molecule has 0 radical (unpaired) electrons. The van der Waals surface area contributed by atoms with Crippen molar-refractivity contribution in [1.29, 1.82) is 0 Å². The highest BCUT2D eigenvalue weighted by Crippen LogP contribution is 2.32. The predicted molar refractivity (Wildman–Crippen MR) is 87.5 cm³/mol. The van der Waals surface area contributed by atoms with Gasteiger partial charge in [0.05, 0.1) is 10.9 Å². The van der Waals surface area contributed by atoms with Gasteiger partial charge in [-0.2, -0.15) is 0 Å². The fourth-order valence-corrected chi connectivity index (χ4v) is 4.23. The van der Waals surface area contributed by atoms with Crippen molar-refractivity contribution in [1.82, 2.24) is 5.32 Å². The first-order chi connectivity index (χ1) is 9.76. The summed E-state index contributed by atoms with van der Waals surface area (Å²) in [6, 6.07) is 11.2. The topological polar surface area (TPSA) is 21.3 Å². The summed E-state index contributed by atoms with van der Waals surface area (Å²) in [7, 11) is 1.73. The molecule has 1 aromatic carbocycles. The zero-order valence-corrected chi connectivity index (χ0v) is 13.9. The van der Waals surface area contributed by atoms with Crippen molar-refractivity contribution in [3.63, 3.8) is 0 Å². The largest absolute Gasteiger partial charge is 0.497 e. The molecular weight excluding hydrogens is 334 g/mol. The summed E-state index contributed by atoms with van der Waals surface area (Å²) in [6.45, 7) is 0.937. The normalized spacial score (nSPS) is 17.8. The first-order valence-corrected chi connectivity index (χ1v) is 8.51. The molecule has 2 aromatic rings. The summed E-state index contributed by atoms with van der Waals surface area (Å²) in [5.74, 6) is 0.964. The highest BCUT2D eigenvalue weighted by Gasteiger charge is 2.20. The lowest BCUT2D eigenvalue weighted by molar-refractivity contribution is 0.410. The third kappa shape index (κ3) is 3.08. The number of fused-ring (bicyclic) bond motifs is 1. The van der Waals surface area contributed by atoms with Crippen molar-refractivity contribution in [2.75, 3.05) is 7.11 Å². The molecule has 0 fully saturated rings. The SMILES string of the molecule is COc1ccc2c(c1)CCCC2NCc1ccc(Br)s1. The minimum atomic E-state index is 0.463. The Kier molecular flexibility index (Phi) is 4.44. The van der Waals surface area contributed by atoms with Gasteiger partial charge in [0, 0.05) is 17.5 Å². The van der Waals surface area contributed by atoms with E-state index in [1.807, 2.05) is 0 Å². The number of hydrogen-bond acceptors (Lipinski definition) is 3. The molecule has 1 unspecified atom stereocenters. The quantitative estimate of drug-likeness (QED) is 0.862. The zero-order chi connectivity index (χ0) is 13.9. The Bertz CT molecular complexity index is 596. The lowest BCUT2D eigenvalue weighted by atomic mass is 9.87. The van der Waals surface area contributed by atoms with Gasteiger partial charge >= 0.3 is 0 Å². The number of nitrogens with one attached hydrogen (secondary N) is 1. The van der Waals surface area contributed by atoms with E-state index in [1.165, 1.54) is 32.6 Å². The number of methoxy groups -OCH3 is 1. The van der Waals surface area contributed by atoms with E-state index in [-0.39, 0.29) is 0 Å². The molecule has 0 spiro atoms. The molecule has 106 valence electrons. The number of aryl methyl sites for hydroxylation is 1. The van der Waals surface area contributed by atoms with Crippen molar-refractivity contribution >= 4 is 27.3 Å². The molecular formula is C16H18BrNOS. The molecule has 1 N–H and O–H groups in total. The third-order valence-corrected chi connectivity index (χ3v) is 5.44. The van der Waals surface area contributed by atoms with E-state index in [9.17, 15) is 0 Å². The number of benzene rings is 1. The van der Waals surface area contributed by atoms with Gasteiger partial charge < -0.3 is 10.1 Å². The molecule has 0 saturated carbocycles. The van der Waals surface area contributed by atoms with Crippen molar-refractivity contribution in [2.45, 2.75) is 31.8 Å². The molecule has 1 aliphatic carbocycles. The predicted octanol–water partition coefficient (Wildman–Crippen LogP) is 4.69. The molecule has 1 aliphatic rings. The second-order valence-electron chi connectivity index (χ2n) is 5.10. The van der Waals surface area contributed by atoms with Gasteiger partial charge in [0.15, 0.2) is 0 Å². The first kappa shape index (κ1) is 14.1. The number of halogens is 1. The maximum absolute atomic E-state index is 5.32.